The average molecular weight is 221 g/mol. The lowest BCUT2D eigenvalue weighted by molar-refractivity contribution is -0.677. The SMILES string of the molecule is CCn1cc[n+](C)c1C.O=S([O-])O[O-]. The van der Waals surface area contributed by atoms with Gasteiger partial charge in [-0.3, -0.25) is 0 Å². The van der Waals surface area contributed by atoms with Crippen LogP contribution in [-0.4, -0.2) is 13.3 Å². The third-order valence-corrected chi connectivity index (χ3v) is 1.90. The summed E-state index contributed by atoms with van der Waals surface area (Å²) in [6.07, 6.45) is 4.16. The average Bonchev–Trinajstić information content (AvgIpc) is 2.48. The van der Waals surface area contributed by atoms with Crippen molar-refractivity contribution in [3.05, 3.63) is 18.2 Å². The molecule has 1 heterocycles. The molecular formula is C7H13N2O4S-. The van der Waals surface area contributed by atoms with Crippen molar-refractivity contribution >= 4 is 11.4 Å². The van der Waals surface area contributed by atoms with E-state index in [1.54, 1.807) is 0 Å². The molecular weight excluding hydrogens is 208 g/mol. The first-order chi connectivity index (χ1) is 6.52. The Labute approximate surface area is 85.2 Å². The smallest absolute Gasteiger partial charge is 0.252 e. The van der Waals surface area contributed by atoms with Gasteiger partial charge < -0.3 is 14.1 Å². The van der Waals surface area contributed by atoms with Crippen LogP contribution in [0.1, 0.15) is 12.7 Å². The van der Waals surface area contributed by atoms with E-state index in [-0.39, 0.29) is 0 Å². The summed E-state index contributed by atoms with van der Waals surface area (Å²) in [5.74, 6) is 1.30. The molecule has 0 saturated heterocycles. The van der Waals surface area contributed by atoms with Gasteiger partial charge in [-0.25, -0.2) is 13.3 Å². The van der Waals surface area contributed by atoms with Crippen LogP contribution in [0.4, 0.5) is 0 Å². The first-order valence-corrected chi connectivity index (χ1v) is 4.93. The third-order valence-electron chi connectivity index (χ3n) is 1.79. The van der Waals surface area contributed by atoms with E-state index in [4.69, 9.17) is 14.0 Å². The van der Waals surface area contributed by atoms with Gasteiger partial charge in [-0.2, -0.15) is 0 Å². The van der Waals surface area contributed by atoms with Crippen molar-refractivity contribution in [1.82, 2.24) is 4.57 Å². The Morgan fingerprint density at radius 3 is 2.36 bits per heavy atom. The maximum absolute atomic E-state index is 8.83. The van der Waals surface area contributed by atoms with Crippen LogP contribution in [0.15, 0.2) is 12.4 Å². The quantitative estimate of drug-likeness (QED) is 0.269. The molecule has 0 saturated carbocycles. The Hall–Kier alpha value is -0.760. The maximum Gasteiger partial charge on any atom is 0.252 e. The predicted molar refractivity (Wildman–Crippen MR) is 46.0 cm³/mol. The minimum atomic E-state index is -2.88. The molecule has 0 fully saturated rings. The lowest BCUT2D eigenvalue weighted by Crippen LogP contribution is -2.29. The van der Waals surface area contributed by atoms with Crippen LogP contribution in [0, 0.1) is 6.92 Å². The van der Waals surface area contributed by atoms with Gasteiger partial charge in [0, 0.05) is 6.92 Å². The molecule has 0 aliphatic heterocycles. The van der Waals surface area contributed by atoms with Crippen molar-refractivity contribution in [2.45, 2.75) is 20.4 Å². The number of aryl methyl sites for hydroxylation is 2. The fraction of sp³-hybridized carbons (Fsp3) is 0.571. The molecule has 0 bridgehead atoms. The molecule has 0 N–H and O–H groups in total. The number of rotatable bonds is 2. The van der Waals surface area contributed by atoms with Crippen LogP contribution in [0.5, 0.6) is 0 Å². The number of aromatic nitrogens is 2. The fourth-order valence-corrected chi connectivity index (χ4v) is 0.933. The Morgan fingerprint density at radius 2 is 2.21 bits per heavy atom. The first-order valence-electron chi connectivity index (χ1n) is 3.93. The van der Waals surface area contributed by atoms with Gasteiger partial charge in [-0.15, -0.1) is 0 Å². The van der Waals surface area contributed by atoms with E-state index in [2.05, 4.69) is 46.8 Å². The van der Waals surface area contributed by atoms with Crippen LogP contribution in [0.3, 0.4) is 0 Å². The van der Waals surface area contributed by atoms with Gasteiger partial charge in [0.25, 0.3) is 5.82 Å². The van der Waals surface area contributed by atoms with Gasteiger partial charge in [0.1, 0.15) is 12.4 Å². The van der Waals surface area contributed by atoms with Gasteiger partial charge in [-0.1, -0.05) is 0 Å². The predicted octanol–water partition coefficient (Wildman–Crippen LogP) is -1.29. The van der Waals surface area contributed by atoms with E-state index in [1.165, 1.54) is 5.82 Å². The zero-order chi connectivity index (χ0) is 11.1. The Bertz CT molecular complexity index is 300. The molecule has 0 amide bonds. The molecule has 1 unspecified atom stereocenters. The molecule has 0 spiro atoms. The van der Waals surface area contributed by atoms with Crippen LogP contribution < -0.4 is 9.82 Å². The second kappa shape index (κ2) is 6.66. The molecule has 0 aliphatic rings. The normalized spacial score (nSPS) is 11.8. The molecule has 1 rings (SSSR count). The van der Waals surface area contributed by atoms with Crippen LogP contribution in [0.25, 0.3) is 0 Å². The van der Waals surface area contributed by atoms with E-state index in [0.717, 1.165) is 6.54 Å². The number of nitrogens with zero attached hydrogens (tertiary/aromatic N) is 2. The van der Waals surface area contributed by atoms with Gasteiger partial charge >= 0.3 is 0 Å². The Morgan fingerprint density at radius 1 is 1.71 bits per heavy atom. The third kappa shape index (κ3) is 4.47. The summed E-state index contributed by atoms with van der Waals surface area (Å²) in [6.45, 7) is 5.32. The minimum Gasteiger partial charge on any atom is -0.750 e. The molecule has 82 valence electrons. The van der Waals surface area contributed by atoms with E-state index >= 15 is 0 Å². The van der Waals surface area contributed by atoms with Crippen LogP contribution >= 0.6 is 0 Å². The highest BCUT2D eigenvalue weighted by atomic mass is 32.2. The molecule has 14 heavy (non-hydrogen) atoms. The first kappa shape index (κ1) is 13.2. The largest absolute Gasteiger partial charge is 0.750 e. The second-order valence-electron chi connectivity index (χ2n) is 2.51. The summed E-state index contributed by atoms with van der Waals surface area (Å²) in [5.41, 5.74) is 0. The van der Waals surface area contributed by atoms with E-state index < -0.39 is 11.4 Å². The van der Waals surface area contributed by atoms with Crippen molar-refractivity contribution in [1.29, 1.82) is 0 Å². The van der Waals surface area contributed by atoms with E-state index in [0.29, 0.717) is 0 Å². The molecule has 1 atom stereocenters. The molecule has 7 heteroatoms. The van der Waals surface area contributed by atoms with Crippen molar-refractivity contribution in [2.75, 3.05) is 0 Å². The van der Waals surface area contributed by atoms with Crippen molar-refractivity contribution in [3.8, 4) is 0 Å². The Kier molecular flexibility index (Phi) is 6.30. The molecule has 0 radical (unpaired) electrons. The summed E-state index contributed by atoms with van der Waals surface area (Å²) >= 11 is -2.88. The van der Waals surface area contributed by atoms with Crippen LogP contribution in [0.2, 0.25) is 0 Å². The van der Waals surface area contributed by atoms with Gasteiger partial charge in [0.15, 0.2) is 0 Å². The highest BCUT2D eigenvalue weighted by molar-refractivity contribution is 7.73. The number of imidazole rings is 1. The van der Waals surface area contributed by atoms with Crippen molar-refractivity contribution in [3.63, 3.8) is 0 Å². The monoisotopic (exact) mass is 221 g/mol. The van der Waals surface area contributed by atoms with Crippen LogP contribution in [-0.2, 0) is 29.3 Å². The number of hydrogen-bond acceptors (Lipinski definition) is 4. The second-order valence-corrected chi connectivity index (χ2v) is 3.06. The lowest BCUT2D eigenvalue weighted by atomic mass is 10.6. The lowest BCUT2D eigenvalue weighted by Gasteiger charge is -2.05. The topological polar surface area (TPSA) is 81.2 Å². The van der Waals surface area contributed by atoms with Crippen molar-refractivity contribution < 1.29 is 22.9 Å². The van der Waals surface area contributed by atoms with Gasteiger partial charge in [-0.05, 0) is 6.92 Å². The summed E-state index contributed by atoms with van der Waals surface area (Å²) in [4.78, 5) is 0. The van der Waals surface area contributed by atoms with Crippen molar-refractivity contribution in [2.24, 2.45) is 7.05 Å². The molecule has 6 nitrogen and oxygen atoms in total. The zero-order valence-electron chi connectivity index (χ0n) is 8.30. The highest BCUT2D eigenvalue weighted by Gasteiger charge is 2.03. The minimum absolute atomic E-state index is 1.06. The summed E-state index contributed by atoms with van der Waals surface area (Å²) in [5, 5.41) is 8.52. The molecule has 1 aromatic rings. The maximum atomic E-state index is 8.83. The molecule has 0 aliphatic carbocycles. The summed E-state index contributed by atoms with van der Waals surface area (Å²) < 4.78 is 24.4. The van der Waals surface area contributed by atoms with E-state index in [9.17, 15) is 0 Å². The number of hydrogen-bond donors (Lipinski definition) is 0. The zero-order valence-corrected chi connectivity index (χ0v) is 9.11. The summed E-state index contributed by atoms with van der Waals surface area (Å²) in [7, 11) is 2.06. The fourth-order valence-electron chi connectivity index (χ4n) is 0.933. The van der Waals surface area contributed by atoms with E-state index in [1.807, 2.05) is 0 Å². The highest BCUT2D eigenvalue weighted by Crippen LogP contribution is 1.89. The van der Waals surface area contributed by atoms with Gasteiger partial charge in [0.2, 0.25) is 0 Å². The Balaban J connectivity index is 0.000000292. The molecule has 0 aromatic carbocycles. The summed E-state index contributed by atoms with van der Waals surface area (Å²) in [6, 6.07) is 0. The van der Waals surface area contributed by atoms with Gasteiger partial charge in [0.05, 0.1) is 25.0 Å². The standard InChI is InChI=1S/C7H13N2.H2O4S/c1-4-9-6-5-8(3)7(9)2;1-4-5(2)3/h5-6H,4H2,1-3H3;1H,(H,2,3)/q+1;/p-2. The molecule has 1 aromatic heterocycles.